The van der Waals surface area contributed by atoms with Crippen molar-refractivity contribution in [3.05, 3.63) is 95.1 Å². The monoisotopic (exact) mass is 471 g/mol. The number of hydrogen-bond acceptors (Lipinski definition) is 3. The molecule has 2 amide bonds. The van der Waals surface area contributed by atoms with Crippen molar-refractivity contribution in [2.24, 2.45) is 0 Å². The highest BCUT2D eigenvalue weighted by atomic mass is 16.2. The Kier molecular flexibility index (Phi) is 9.91. The second-order valence-electron chi connectivity index (χ2n) is 9.08. The summed E-state index contributed by atoms with van der Waals surface area (Å²) in [5.74, 6) is -0.344. The van der Waals surface area contributed by atoms with E-state index in [-0.39, 0.29) is 11.8 Å². The number of carbonyl (C=O) groups excluding carboxylic acids is 2. The van der Waals surface area contributed by atoms with Crippen LogP contribution in [0, 0.1) is 0 Å². The lowest BCUT2D eigenvalue weighted by atomic mass is 10.0. The number of nitrogens with zero attached hydrogens (tertiary/aromatic N) is 1. The first-order valence-electron chi connectivity index (χ1n) is 12.5. The molecule has 0 aliphatic carbocycles. The highest BCUT2D eigenvalue weighted by Gasteiger charge is 2.15. The molecule has 35 heavy (non-hydrogen) atoms. The van der Waals surface area contributed by atoms with Gasteiger partial charge in [0.15, 0.2) is 0 Å². The number of anilines is 2. The van der Waals surface area contributed by atoms with Crippen molar-refractivity contribution in [1.82, 2.24) is 5.32 Å². The Morgan fingerprint density at radius 1 is 0.771 bits per heavy atom. The molecule has 0 aliphatic heterocycles. The Labute approximate surface area is 209 Å². The summed E-state index contributed by atoms with van der Waals surface area (Å²) in [4.78, 5) is 27.7. The van der Waals surface area contributed by atoms with Crippen LogP contribution in [0.15, 0.2) is 72.8 Å². The molecule has 184 valence electrons. The van der Waals surface area contributed by atoms with Crippen LogP contribution in [0.5, 0.6) is 0 Å². The van der Waals surface area contributed by atoms with Crippen molar-refractivity contribution in [2.45, 2.75) is 45.4 Å². The summed E-state index contributed by atoms with van der Waals surface area (Å²) in [6.07, 6.45) is 6.70. The summed E-state index contributed by atoms with van der Waals surface area (Å²) in [6, 6.07) is 23.3. The van der Waals surface area contributed by atoms with Crippen LogP contribution in [0.3, 0.4) is 0 Å². The van der Waals surface area contributed by atoms with Crippen LogP contribution in [-0.2, 0) is 12.8 Å². The van der Waals surface area contributed by atoms with Crippen molar-refractivity contribution in [3.63, 3.8) is 0 Å². The molecule has 0 radical (unpaired) electrons. The van der Waals surface area contributed by atoms with Crippen LogP contribution in [-0.4, -0.2) is 32.5 Å². The zero-order valence-corrected chi connectivity index (χ0v) is 21.1. The van der Waals surface area contributed by atoms with Crippen LogP contribution in [0.1, 0.15) is 64.4 Å². The van der Waals surface area contributed by atoms with E-state index in [1.54, 1.807) is 6.07 Å². The molecule has 0 saturated heterocycles. The third-order valence-corrected chi connectivity index (χ3v) is 6.06. The first-order valence-corrected chi connectivity index (χ1v) is 12.5. The van der Waals surface area contributed by atoms with Gasteiger partial charge in [-0.3, -0.25) is 9.59 Å². The number of hydrogen-bond donors (Lipinski definition) is 2. The van der Waals surface area contributed by atoms with Crippen LogP contribution >= 0.6 is 0 Å². The molecule has 5 nitrogen and oxygen atoms in total. The molecule has 0 spiro atoms. The van der Waals surface area contributed by atoms with Gasteiger partial charge >= 0.3 is 0 Å². The smallest absolute Gasteiger partial charge is 0.255 e. The van der Waals surface area contributed by atoms with E-state index in [4.69, 9.17) is 0 Å². The summed E-state index contributed by atoms with van der Waals surface area (Å²) < 4.78 is 0. The lowest BCUT2D eigenvalue weighted by molar-refractivity contribution is 0.0953. The molecule has 0 aromatic heterocycles. The minimum absolute atomic E-state index is 0.159. The fourth-order valence-corrected chi connectivity index (χ4v) is 4.03. The highest BCUT2D eigenvalue weighted by Crippen LogP contribution is 2.23. The number of amides is 2. The first-order chi connectivity index (χ1) is 17.0. The summed E-state index contributed by atoms with van der Waals surface area (Å²) in [7, 11) is 3.80. The Hall–Kier alpha value is -3.60. The van der Waals surface area contributed by atoms with Crippen molar-refractivity contribution in [3.8, 4) is 0 Å². The van der Waals surface area contributed by atoms with Crippen LogP contribution in [0.4, 0.5) is 11.4 Å². The minimum Gasteiger partial charge on any atom is -0.377 e. The molecule has 0 atom stereocenters. The van der Waals surface area contributed by atoms with E-state index in [1.807, 2.05) is 85.7 Å². The first kappa shape index (κ1) is 26.0. The van der Waals surface area contributed by atoms with Gasteiger partial charge in [-0.25, -0.2) is 0 Å². The van der Waals surface area contributed by atoms with Crippen molar-refractivity contribution < 1.29 is 9.59 Å². The summed E-state index contributed by atoms with van der Waals surface area (Å²) in [5.41, 5.74) is 4.96. The van der Waals surface area contributed by atoms with E-state index in [0.29, 0.717) is 23.4 Å². The van der Waals surface area contributed by atoms with E-state index >= 15 is 0 Å². The maximum atomic E-state index is 13.0. The normalized spacial score (nSPS) is 10.6. The van der Waals surface area contributed by atoms with Crippen LogP contribution in [0.25, 0.3) is 0 Å². The Balaban J connectivity index is 1.63. The molecule has 5 heteroatoms. The fraction of sp³-hybridized carbons (Fsp3) is 0.333. The lowest BCUT2D eigenvalue weighted by Gasteiger charge is -2.18. The van der Waals surface area contributed by atoms with Gasteiger partial charge in [0.05, 0.1) is 5.56 Å². The summed E-state index contributed by atoms with van der Waals surface area (Å²) in [6.45, 7) is 2.75. The van der Waals surface area contributed by atoms with Gasteiger partial charge in [0.25, 0.3) is 11.8 Å². The van der Waals surface area contributed by atoms with Crippen molar-refractivity contribution >= 4 is 23.2 Å². The number of aryl methyl sites for hydroxylation is 1. The average molecular weight is 472 g/mol. The van der Waals surface area contributed by atoms with Crippen molar-refractivity contribution in [1.29, 1.82) is 0 Å². The molecular formula is C30H37N3O2. The minimum atomic E-state index is -0.185. The highest BCUT2D eigenvalue weighted by molar-refractivity contribution is 6.06. The van der Waals surface area contributed by atoms with E-state index in [0.717, 1.165) is 18.5 Å². The van der Waals surface area contributed by atoms with E-state index in [9.17, 15) is 9.59 Å². The molecule has 0 heterocycles. The summed E-state index contributed by atoms with van der Waals surface area (Å²) >= 11 is 0. The van der Waals surface area contributed by atoms with Gasteiger partial charge in [0.2, 0.25) is 0 Å². The SMILES string of the molecule is CCCCCCc1ccc(C(=O)Nc2ccc(N(C)C)c(C(=O)NCCc3ccccc3)c2)cc1. The number of rotatable bonds is 12. The second kappa shape index (κ2) is 13.3. The zero-order valence-electron chi connectivity index (χ0n) is 21.1. The molecule has 3 rings (SSSR count). The lowest BCUT2D eigenvalue weighted by Crippen LogP contribution is -2.28. The number of nitrogens with one attached hydrogen (secondary N) is 2. The number of carbonyl (C=O) groups is 2. The zero-order chi connectivity index (χ0) is 25.0. The van der Waals surface area contributed by atoms with Gasteiger partial charge in [-0.05, 0) is 60.7 Å². The Morgan fingerprint density at radius 3 is 2.17 bits per heavy atom. The fourth-order valence-electron chi connectivity index (χ4n) is 4.03. The topological polar surface area (TPSA) is 61.4 Å². The van der Waals surface area contributed by atoms with Crippen LogP contribution in [0.2, 0.25) is 0 Å². The molecule has 0 bridgehead atoms. The molecule has 3 aromatic rings. The van der Waals surface area contributed by atoms with Gasteiger partial charge in [-0.2, -0.15) is 0 Å². The molecule has 0 unspecified atom stereocenters. The molecular weight excluding hydrogens is 434 g/mol. The maximum Gasteiger partial charge on any atom is 0.255 e. The molecule has 0 fully saturated rings. The number of benzene rings is 3. The van der Waals surface area contributed by atoms with Crippen molar-refractivity contribution in [2.75, 3.05) is 30.9 Å². The molecule has 3 aromatic carbocycles. The third-order valence-electron chi connectivity index (χ3n) is 6.06. The van der Waals surface area contributed by atoms with Gasteiger partial charge in [-0.15, -0.1) is 0 Å². The predicted molar refractivity (Wildman–Crippen MR) is 145 cm³/mol. The second-order valence-corrected chi connectivity index (χ2v) is 9.08. The Morgan fingerprint density at radius 2 is 1.49 bits per heavy atom. The van der Waals surface area contributed by atoms with Gasteiger partial charge in [0, 0.05) is 37.6 Å². The van der Waals surface area contributed by atoms with E-state index in [2.05, 4.69) is 17.6 Å². The number of unbranched alkanes of at least 4 members (excludes halogenated alkanes) is 3. The maximum absolute atomic E-state index is 13.0. The largest absolute Gasteiger partial charge is 0.377 e. The standard InChI is InChI=1S/C30H37N3O2/c1-4-5-6-8-13-24-14-16-25(17-15-24)29(34)32-26-18-19-28(33(2)3)27(22-26)30(35)31-21-20-23-11-9-7-10-12-23/h7,9-12,14-19,22H,4-6,8,13,20-21H2,1-3H3,(H,31,35)(H,32,34). The third kappa shape index (κ3) is 7.99. The molecule has 2 N–H and O–H groups in total. The van der Waals surface area contributed by atoms with Gasteiger partial charge in [0.1, 0.15) is 0 Å². The van der Waals surface area contributed by atoms with Gasteiger partial charge < -0.3 is 15.5 Å². The summed E-state index contributed by atoms with van der Waals surface area (Å²) in [5, 5.41) is 5.95. The van der Waals surface area contributed by atoms with E-state index < -0.39 is 0 Å². The molecule has 0 saturated carbocycles. The average Bonchev–Trinajstić information content (AvgIpc) is 2.87. The van der Waals surface area contributed by atoms with Gasteiger partial charge in [-0.1, -0.05) is 68.7 Å². The molecule has 0 aliphatic rings. The van der Waals surface area contributed by atoms with E-state index in [1.165, 1.54) is 36.8 Å². The quantitative estimate of drug-likeness (QED) is 0.314. The van der Waals surface area contributed by atoms with Crippen LogP contribution < -0.4 is 15.5 Å². The predicted octanol–water partition coefficient (Wildman–Crippen LogP) is 6.10. The Bertz CT molecular complexity index is 1090.